The zero-order valence-electron chi connectivity index (χ0n) is 9.70. The highest BCUT2D eigenvalue weighted by atomic mass is 35.5. The quantitative estimate of drug-likeness (QED) is 0.606. The van der Waals surface area contributed by atoms with E-state index >= 15 is 0 Å². The highest BCUT2D eigenvalue weighted by Crippen LogP contribution is 2.23. The molecule has 19 heavy (non-hydrogen) atoms. The Morgan fingerprint density at radius 3 is 2.53 bits per heavy atom. The molecule has 0 fully saturated rings. The molecule has 0 spiro atoms. The molecule has 0 aliphatic rings. The van der Waals surface area contributed by atoms with Crippen molar-refractivity contribution in [3.05, 3.63) is 64.7 Å². The van der Waals surface area contributed by atoms with E-state index in [1.807, 2.05) is 0 Å². The lowest BCUT2D eigenvalue weighted by atomic mass is 10.1. The number of carbonyl (C=O) groups is 1. The third-order valence-electron chi connectivity index (χ3n) is 2.44. The Hall–Kier alpha value is -1.39. The average molecular weight is 299 g/mol. The Balaban J connectivity index is 2.04. The van der Waals surface area contributed by atoms with Crippen LogP contribution in [0.2, 0.25) is 5.02 Å². The highest BCUT2D eigenvalue weighted by Gasteiger charge is 2.11. The Bertz CT molecular complexity index is 616. The summed E-state index contributed by atoms with van der Waals surface area (Å²) < 4.78 is 25.7. The topological polar surface area (TPSA) is 17.1 Å². The molecule has 0 saturated carbocycles. The van der Waals surface area contributed by atoms with Crippen molar-refractivity contribution in [1.29, 1.82) is 0 Å². The van der Waals surface area contributed by atoms with Gasteiger partial charge in [0.1, 0.15) is 0 Å². The molecule has 0 aromatic heterocycles. The van der Waals surface area contributed by atoms with Crippen LogP contribution in [0.25, 0.3) is 0 Å². The molecule has 0 aliphatic heterocycles. The van der Waals surface area contributed by atoms with E-state index in [0.717, 1.165) is 23.9 Å². The van der Waals surface area contributed by atoms with Crippen molar-refractivity contribution in [2.75, 3.05) is 5.75 Å². The second-order valence-corrected chi connectivity index (χ2v) is 5.22. The maximum absolute atomic E-state index is 13.0. The molecule has 2 aromatic rings. The maximum Gasteiger partial charge on any atom is 0.174 e. The monoisotopic (exact) mass is 298 g/mol. The van der Waals surface area contributed by atoms with Crippen molar-refractivity contribution in [3.8, 4) is 0 Å². The number of Topliss-reactive ketones (excluding diaryl/α,β-unsaturated/α-hetero) is 1. The van der Waals surface area contributed by atoms with Gasteiger partial charge in [-0.3, -0.25) is 4.79 Å². The lowest BCUT2D eigenvalue weighted by molar-refractivity contribution is 0.102. The van der Waals surface area contributed by atoms with Gasteiger partial charge in [-0.1, -0.05) is 23.7 Å². The smallest absolute Gasteiger partial charge is 0.174 e. The molecule has 0 aliphatic carbocycles. The van der Waals surface area contributed by atoms with Crippen LogP contribution in [0.1, 0.15) is 10.4 Å². The lowest BCUT2D eigenvalue weighted by Crippen LogP contribution is -2.03. The van der Waals surface area contributed by atoms with Crippen LogP contribution in [0, 0.1) is 11.6 Å². The fraction of sp³-hybridized carbons (Fsp3) is 0.0714. The Morgan fingerprint density at radius 1 is 1.11 bits per heavy atom. The summed E-state index contributed by atoms with van der Waals surface area (Å²) in [5.41, 5.74) is 0.430. The largest absolute Gasteiger partial charge is 0.293 e. The van der Waals surface area contributed by atoms with Gasteiger partial charge in [0.15, 0.2) is 17.4 Å². The zero-order chi connectivity index (χ0) is 13.8. The fourth-order valence-electron chi connectivity index (χ4n) is 1.48. The van der Waals surface area contributed by atoms with Crippen molar-refractivity contribution in [1.82, 2.24) is 0 Å². The van der Waals surface area contributed by atoms with Crippen molar-refractivity contribution < 1.29 is 13.6 Å². The van der Waals surface area contributed by atoms with Crippen molar-refractivity contribution in [2.24, 2.45) is 0 Å². The first-order valence-electron chi connectivity index (χ1n) is 5.43. The molecule has 0 N–H and O–H groups in total. The molecule has 0 atom stereocenters. The zero-order valence-corrected chi connectivity index (χ0v) is 11.3. The van der Waals surface area contributed by atoms with Gasteiger partial charge in [-0.25, -0.2) is 8.78 Å². The van der Waals surface area contributed by atoms with E-state index in [0.29, 0.717) is 15.5 Å². The first kappa shape index (κ1) is 14.0. The van der Waals surface area contributed by atoms with Crippen molar-refractivity contribution >= 4 is 29.1 Å². The molecule has 98 valence electrons. The van der Waals surface area contributed by atoms with Gasteiger partial charge >= 0.3 is 0 Å². The van der Waals surface area contributed by atoms with E-state index in [9.17, 15) is 13.6 Å². The summed E-state index contributed by atoms with van der Waals surface area (Å²) in [7, 11) is 0. The summed E-state index contributed by atoms with van der Waals surface area (Å²) in [6.07, 6.45) is 0. The number of hydrogen-bond acceptors (Lipinski definition) is 2. The average Bonchev–Trinajstić information content (AvgIpc) is 2.40. The van der Waals surface area contributed by atoms with Crippen LogP contribution in [-0.4, -0.2) is 11.5 Å². The first-order chi connectivity index (χ1) is 9.08. The minimum absolute atomic E-state index is 0.120. The molecule has 0 saturated heterocycles. The number of thioether (sulfide) groups is 1. The predicted molar refractivity (Wildman–Crippen MR) is 72.9 cm³/mol. The van der Waals surface area contributed by atoms with E-state index < -0.39 is 11.6 Å². The van der Waals surface area contributed by atoms with Crippen LogP contribution < -0.4 is 0 Å². The second kappa shape index (κ2) is 6.17. The fourth-order valence-corrected chi connectivity index (χ4v) is 2.53. The van der Waals surface area contributed by atoms with E-state index in [2.05, 4.69) is 0 Å². The van der Waals surface area contributed by atoms with Crippen LogP contribution >= 0.6 is 23.4 Å². The van der Waals surface area contributed by atoms with E-state index in [1.165, 1.54) is 6.07 Å². The number of halogens is 3. The van der Waals surface area contributed by atoms with E-state index in [-0.39, 0.29) is 11.5 Å². The van der Waals surface area contributed by atoms with E-state index in [1.54, 1.807) is 24.3 Å². The molecule has 0 unspecified atom stereocenters. The summed E-state index contributed by atoms with van der Waals surface area (Å²) in [4.78, 5) is 12.4. The maximum atomic E-state index is 13.0. The van der Waals surface area contributed by atoms with Crippen molar-refractivity contribution in [3.63, 3.8) is 0 Å². The highest BCUT2D eigenvalue weighted by molar-refractivity contribution is 8.00. The van der Waals surface area contributed by atoms with Gasteiger partial charge in [0, 0.05) is 10.5 Å². The van der Waals surface area contributed by atoms with Crippen LogP contribution in [0.4, 0.5) is 8.78 Å². The van der Waals surface area contributed by atoms with Gasteiger partial charge in [0.25, 0.3) is 0 Å². The third-order valence-corrected chi connectivity index (χ3v) is 3.76. The van der Waals surface area contributed by atoms with Crippen molar-refractivity contribution in [2.45, 2.75) is 4.90 Å². The molecular weight excluding hydrogens is 290 g/mol. The minimum atomic E-state index is -0.921. The van der Waals surface area contributed by atoms with E-state index in [4.69, 9.17) is 11.6 Å². The number of rotatable bonds is 4. The van der Waals surface area contributed by atoms with Crippen LogP contribution in [0.15, 0.2) is 47.4 Å². The molecule has 0 amide bonds. The molecule has 2 rings (SSSR count). The molecule has 0 heterocycles. The molecule has 1 nitrogen and oxygen atoms in total. The van der Waals surface area contributed by atoms with Gasteiger partial charge in [0.05, 0.1) is 10.8 Å². The molecular formula is C14H9ClF2OS. The summed E-state index contributed by atoms with van der Waals surface area (Å²) in [6.45, 7) is 0. The third kappa shape index (κ3) is 3.55. The second-order valence-electron chi connectivity index (χ2n) is 3.77. The first-order valence-corrected chi connectivity index (χ1v) is 6.80. The summed E-state index contributed by atoms with van der Waals surface area (Å²) in [6, 6.07) is 10.3. The number of carbonyl (C=O) groups excluding carboxylic acids is 1. The van der Waals surface area contributed by atoms with Crippen LogP contribution in [0.5, 0.6) is 0 Å². The standard InChI is InChI=1S/C14H9ClF2OS/c15-11-4-2-1-3-10(11)14(18)8-19-9-5-6-12(16)13(17)7-9/h1-7H,8H2. The number of benzene rings is 2. The molecule has 0 radical (unpaired) electrons. The molecule has 0 bridgehead atoms. The summed E-state index contributed by atoms with van der Waals surface area (Å²) >= 11 is 7.05. The Morgan fingerprint density at radius 2 is 1.84 bits per heavy atom. The van der Waals surface area contributed by atoms with Crippen LogP contribution in [0.3, 0.4) is 0 Å². The number of ketones is 1. The number of hydrogen-bond donors (Lipinski definition) is 0. The SMILES string of the molecule is O=C(CSc1ccc(F)c(F)c1)c1ccccc1Cl. The van der Waals surface area contributed by atoms with Crippen LogP contribution in [-0.2, 0) is 0 Å². The predicted octanol–water partition coefficient (Wildman–Crippen LogP) is 4.59. The molecule has 2 aromatic carbocycles. The Kier molecular flexibility index (Phi) is 4.56. The Labute approximate surface area is 118 Å². The van der Waals surface area contributed by atoms with Gasteiger partial charge in [-0.05, 0) is 30.3 Å². The normalized spacial score (nSPS) is 10.5. The van der Waals surface area contributed by atoms with Gasteiger partial charge in [-0.15, -0.1) is 11.8 Å². The minimum Gasteiger partial charge on any atom is -0.293 e. The van der Waals surface area contributed by atoms with Gasteiger partial charge in [-0.2, -0.15) is 0 Å². The van der Waals surface area contributed by atoms with Gasteiger partial charge < -0.3 is 0 Å². The lowest BCUT2D eigenvalue weighted by Gasteiger charge is -2.04. The summed E-state index contributed by atoms with van der Waals surface area (Å²) in [5, 5.41) is 0.387. The summed E-state index contributed by atoms with van der Waals surface area (Å²) in [5.74, 6) is -1.85. The molecule has 5 heteroatoms. The van der Waals surface area contributed by atoms with Gasteiger partial charge in [0.2, 0.25) is 0 Å².